The van der Waals surface area contributed by atoms with Gasteiger partial charge in [-0.15, -0.1) is 10.2 Å². The molecule has 1 saturated heterocycles. The lowest BCUT2D eigenvalue weighted by Crippen LogP contribution is -2.33. The number of halogens is 3. The van der Waals surface area contributed by atoms with Crippen molar-refractivity contribution in [1.82, 2.24) is 19.7 Å². The number of aliphatic hydroxyl groups is 1. The lowest BCUT2D eigenvalue weighted by molar-refractivity contribution is -0.137. The van der Waals surface area contributed by atoms with Crippen molar-refractivity contribution in [2.24, 2.45) is 7.05 Å². The van der Waals surface area contributed by atoms with Gasteiger partial charge < -0.3 is 9.67 Å². The van der Waals surface area contributed by atoms with Gasteiger partial charge in [0.2, 0.25) is 0 Å². The van der Waals surface area contributed by atoms with E-state index in [1.165, 1.54) is 12.1 Å². The fourth-order valence-electron chi connectivity index (χ4n) is 3.32. The number of likely N-dealkylation sites (tertiary alicyclic amines) is 1. The number of hydrogen-bond donors (Lipinski definition) is 1. The van der Waals surface area contributed by atoms with Crippen LogP contribution >= 0.6 is 0 Å². The number of alkyl halides is 3. The van der Waals surface area contributed by atoms with E-state index < -0.39 is 11.7 Å². The molecule has 1 aromatic carbocycles. The molecule has 3 rings (SSSR count). The van der Waals surface area contributed by atoms with Gasteiger partial charge in [-0.1, -0.05) is 18.2 Å². The first-order chi connectivity index (χ1) is 11.9. The molecule has 2 aromatic rings. The maximum absolute atomic E-state index is 12.8. The van der Waals surface area contributed by atoms with Crippen LogP contribution in [0.5, 0.6) is 0 Å². The smallest absolute Gasteiger partial charge is 0.388 e. The normalized spacial score (nSPS) is 17.2. The van der Waals surface area contributed by atoms with Crippen LogP contribution in [0.4, 0.5) is 13.2 Å². The molecular weight excluding hydrogens is 333 g/mol. The molecule has 0 atom stereocenters. The summed E-state index contributed by atoms with van der Waals surface area (Å²) < 4.78 is 40.3. The van der Waals surface area contributed by atoms with Gasteiger partial charge in [-0.05, 0) is 37.6 Å². The number of benzene rings is 1. The standard InChI is InChI=1S/C17H21F3N4O/c1-23-15(11-25)21-22-16(23)13-5-7-24(8-6-13)10-12-3-2-4-14(9-12)17(18,19)20/h2-4,9,13,25H,5-8,10-11H2,1H3. The van der Waals surface area contributed by atoms with Crippen molar-refractivity contribution >= 4 is 0 Å². The summed E-state index contributed by atoms with van der Waals surface area (Å²) in [5.41, 5.74) is 0.0741. The largest absolute Gasteiger partial charge is 0.416 e. The summed E-state index contributed by atoms with van der Waals surface area (Å²) in [6.07, 6.45) is -2.56. The molecule has 8 heteroatoms. The SMILES string of the molecule is Cn1c(CO)nnc1C1CCN(Cc2cccc(C(F)(F)F)c2)CC1. The summed E-state index contributed by atoms with van der Waals surface area (Å²) in [5.74, 6) is 1.67. The van der Waals surface area contributed by atoms with E-state index in [9.17, 15) is 18.3 Å². The van der Waals surface area contributed by atoms with Crippen molar-refractivity contribution in [1.29, 1.82) is 0 Å². The van der Waals surface area contributed by atoms with Gasteiger partial charge in [0.1, 0.15) is 12.4 Å². The molecule has 0 spiro atoms. The minimum absolute atomic E-state index is 0.141. The number of piperidine rings is 1. The van der Waals surface area contributed by atoms with Crippen molar-refractivity contribution in [3.05, 3.63) is 47.0 Å². The third kappa shape index (κ3) is 4.01. The van der Waals surface area contributed by atoms with Gasteiger partial charge in [-0.3, -0.25) is 4.90 Å². The summed E-state index contributed by atoms with van der Waals surface area (Å²) in [6.45, 7) is 1.96. The molecule has 1 aliphatic rings. The van der Waals surface area contributed by atoms with Crippen LogP contribution in [0.25, 0.3) is 0 Å². The molecule has 0 unspecified atom stereocenters. The van der Waals surface area contributed by atoms with Crippen LogP contribution in [0.1, 0.15) is 41.5 Å². The number of aliphatic hydroxyl groups excluding tert-OH is 1. The van der Waals surface area contributed by atoms with Gasteiger partial charge >= 0.3 is 6.18 Å². The van der Waals surface area contributed by atoms with Crippen LogP contribution in [-0.2, 0) is 26.4 Å². The van der Waals surface area contributed by atoms with Gasteiger partial charge in [0.25, 0.3) is 0 Å². The highest BCUT2D eigenvalue weighted by Crippen LogP contribution is 2.31. The van der Waals surface area contributed by atoms with Crippen molar-refractivity contribution in [3.8, 4) is 0 Å². The molecular formula is C17H21F3N4O. The van der Waals surface area contributed by atoms with E-state index in [0.29, 0.717) is 17.9 Å². The van der Waals surface area contributed by atoms with E-state index >= 15 is 0 Å². The van der Waals surface area contributed by atoms with Gasteiger partial charge in [-0.25, -0.2) is 0 Å². The van der Waals surface area contributed by atoms with Crippen LogP contribution in [-0.4, -0.2) is 37.9 Å². The fourth-order valence-corrected chi connectivity index (χ4v) is 3.32. The summed E-state index contributed by atoms with van der Waals surface area (Å²) >= 11 is 0. The molecule has 0 bridgehead atoms. The van der Waals surface area contributed by atoms with Gasteiger partial charge in [0.15, 0.2) is 5.82 Å². The van der Waals surface area contributed by atoms with Crippen molar-refractivity contribution in [2.45, 2.75) is 38.1 Å². The fraction of sp³-hybridized carbons (Fsp3) is 0.529. The zero-order valence-electron chi connectivity index (χ0n) is 14.0. The number of hydrogen-bond acceptors (Lipinski definition) is 4. The van der Waals surface area contributed by atoms with Crippen molar-refractivity contribution < 1.29 is 18.3 Å². The monoisotopic (exact) mass is 354 g/mol. The topological polar surface area (TPSA) is 54.2 Å². The summed E-state index contributed by atoms with van der Waals surface area (Å²) in [5, 5.41) is 17.3. The second-order valence-corrected chi connectivity index (χ2v) is 6.44. The van der Waals surface area contributed by atoms with E-state index in [4.69, 9.17) is 0 Å². The Morgan fingerprint density at radius 3 is 2.52 bits per heavy atom. The average Bonchev–Trinajstić information content (AvgIpc) is 2.96. The zero-order valence-corrected chi connectivity index (χ0v) is 14.0. The Bertz CT molecular complexity index is 721. The quantitative estimate of drug-likeness (QED) is 0.917. The van der Waals surface area contributed by atoms with Crippen LogP contribution in [0.15, 0.2) is 24.3 Å². The van der Waals surface area contributed by atoms with Gasteiger partial charge in [0, 0.05) is 19.5 Å². The van der Waals surface area contributed by atoms with Gasteiger partial charge in [0.05, 0.1) is 5.56 Å². The third-order valence-corrected chi connectivity index (χ3v) is 4.75. The lowest BCUT2D eigenvalue weighted by Gasteiger charge is -2.31. The van der Waals surface area contributed by atoms with E-state index in [0.717, 1.165) is 37.8 Å². The maximum Gasteiger partial charge on any atom is 0.416 e. The van der Waals surface area contributed by atoms with Crippen LogP contribution in [0.2, 0.25) is 0 Å². The van der Waals surface area contributed by atoms with Crippen LogP contribution in [0.3, 0.4) is 0 Å². The molecule has 0 radical (unpaired) electrons. The molecule has 1 aliphatic heterocycles. The Kier molecular flexibility index (Phi) is 5.10. The summed E-state index contributed by atoms with van der Waals surface area (Å²) in [6, 6.07) is 5.52. The maximum atomic E-state index is 12.8. The molecule has 1 N–H and O–H groups in total. The first kappa shape index (κ1) is 17.9. The van der Waals surface area contributed by atoms with Crippen molar-refractivity contribution in [2.75, 3.05) is 13.1 Å². The second-order valence-electron chi connectivity index (χ2n) is 6.44. The number of aromatic nitrogens is 3. The number of rotatable bonds is 4. The molecule has 1 fully saturated rings. The average molecular weight is 354 g/mol. The Balaban J connectivity index is 1.60. The highest BCUT2D eigenvalue weighted by Gasteiger charge is 2.31. The molecule has 1 aromatic heterocycles. The summed E-state index contributed by atoms with van der Waals surface area (Å²) in [7, 11) is 1.84. The Hall–Kier alpha value is -1.93. The van der Waals surface area contributed by atoms with Gasteiger partial charge in [-0.2, -0.15) is 13.2 Å². The molecule has 136 valence electrons. The molecule has 5 nitrogen and oxygen atoms in total. The third-order valence-electron chi connectivity index (χ3n) is 4.75. The zero-order chi connectivity index (χ0) is 18.0. The predicted molar refractivity (Wildman–Crippen MR) is 85.6 cm³/mol. The van der Waals surface area contributed by atoms with E-state index in [-0.39, 0.29) is 12.5 Å². The first-order valence-electron chi connectivity index (χ1n) is 8.26. The Morgan fingerprint density at radius 1 is 1.20 bits per heavy atom. The van der Waals surface area contributed by atoms with Crippen LogP contribution < -0.4 is 0 Å². The van der Waals surface area contributed by atoms with E-state index in [1.807, 2.05) is 11.6 Å². The highest BCUT2D eigenvalue weighted by atomic mass is 19.4. The predicted octanol–water partition coefficient (Wildman–Crippen LogP) is 2.71. The molecule has 0 aliphatic carbocycles. The minimum atomic E-state index is -4.31. The minimum Gasteiger partial charge on any atom is -0.388 e. The molecule has 2 heterocycles. The lowest BCUT2D eigenvalue weighted by atomic mass is 9.95. The Labute approximate surface area is 144 Å². The Morgan fingerprint density at radius 2 is 1.92 bits per heavy atom. The van der Waals surface area contributed by atoms with Crippen LogP contribution in [0, 0.1) is 0 Å². The number of nitrogens with zero attached hydrogens (tertiary/aromatic N) is 4. The van der Waals surface area contributed by atoms with Crippen molar-refractivity contribution in [3.63, 3.8) is 0 Å². The molecule has 25 heavy (non-hydrogen) atoms. The highest BCUT2D eigenvalue weighted by molar-refractivity contribution is 5.25. The molecule has 0 saturated carbocycles. The van der Waals surface area contributed by atoms with E-state index in [1.54, 1.807) is 6.07 Å². The summed E-state index contributed by atoms with van der Waals surface area (Å²) in [4.78, 5) is 2.16. The second kappa shape index (κ2) is 7.13. The van der Waals surface area contributed by atoms with E-state index in [2.05, 4.69) is 15.1 Å². The first-order valence-corrected chi connectivity index (χ1v) is 8.26. The molecule has 0 amide bonds.